The van der Waals surface area contributed by atoms with Crippen LogP contribution in [0.4, 0.5) is 10.2 Å². The van der Waals surface area contributed by atoms with Gasteiger partial charge in [-0.15, -0.1) is 0 Å². The van der Waals surface area contributed by atoms with Gasteiger partial charge in [-0.1, -0.05) is 0 Å². The van der Waals surface area contributed by atoms with Crippen LogP contribution in [0.2, 0.25) is 0 Å². The molecule has 5 heteroatoms. The van der Waals surface area contributed by atoms with Crippen molar-refractivity contribution in [3.8, 4) is 0 Å². The Labute approximate surface area is 119 Å². The highest BCUT2D eigenvalue weighted by Crippen LogP contribution is 2.17. The van der Waals surface area contributed by atoms with Gasteiger partial charge in [0.2, 0.25) is 0 Å². The van der Waals surface area contributed by atoms with Crippen LogP contribution in [0.3, 0.4) is 0 Å². The molecule has 19 heavy (non-hydrogen) atoms. The summed E-state index contributed by atoms with van der Waals surface area (Å²) in [7, 11) is 0. The van der Waals surface area contributed by atoms with Crippen molar-refractivity contribution in [2.24, 2.45) is 0 Å². The minimum atomic E-state index is -0.471. The number of aromatic nitrogens is 1. The summed E-state index contributed by atoms with van der Waals surface area (Å²) in [6.07, 6.45) is 0. The summed E-state index contributed by atoms with van der Waals surface area (Å²) in [6.45, 7) is 3.77. The van der Waals surface area contributed by atoms with Crippen LogP contribution in [0.15, 0.2) is 34.8 Å². The normalized spacial score (nSPS) is 10.3. The first-order chi connectivity index (χ1) is 8.95. The van der Waals surface area contributed by atoms with Gasteiger partial charge < -0.3 is 5.32 Å². The number of nitrogens with one attached hydrogen (secondary N) is 1. The van der Waals surface area contributed by atoms with Crippen molar-refractivity contribution in [1.82, 2.24) is 4.98 Å². The Bertz CT molecular complexity index is 623. The third-order valence-corrected chi connectivity index (χ3v) is 3.16. The zero-order chi connectivity index (χ0) is 14.0. The first-order valence-corrected chi connectivity index (χ1v) is 6.47. The predicted octanol–water partition coefficient (Wildman–Crippen LogP) is 3.85. The van der Waals surface area contributed by atoms with Gasteiger partial charge in [-0.25, -0.2) is 9.37 Å². The van der Waals surface area contributed by atoms with Crippen LogP contribution in [0.25, 0.3) is 0 Å². The van der Waals surface area contributed by atoms with Crippen molar-refractivity contribution in [3.63, 3.8) is 0 Å². The Morgan fingerprint density at radius 1 is 1.26 bits per heavy atom. The van der Waals surface area contributed by atoms with E-state index >= 15 is 0 Å². The van der Waals surface area contributed by atoms with E-state index in [1.807, 2.05) is 19.9 Å². The number of carbonyl (C=O) groups excluding carboxylic acids is 1. The summed E-state index contributed by atoms with van der Waals surface area (Å²) in [5.41, 5.74) is 2.07. The average Bonchev–Trinajstić information content (AvgIpc) is 2.31. The van der Waals surface area contributed by atoms with Crippen LogP contribution < -0.4 is 5.32 Å². The summed E-state index contributed by atoms with van der Waals surface area (Å²) in [5.74, 6) is -0.393. The minimum Gasteiger partial charge on any atom is -0.307 e. The van der Waals surface area contributed by atoms with E-state index < -0.39 is 5.82 Å². The highest BCUT2D eigenvalue weighted by Gasteiger charge is 2.10. The SMILES string of the molecule is Cc1cc(C)nc(NC(=O)c2ccc(Br)c(F)c2)c1. The fourth-order valence-corrected chi connectivity index (χ4v) is 1.98. The van der Waals surface area contributed by atoms with Gasteiger partial charge in [0, 0.05) is 11.3 Å². The molecule has 2 aromatic rings. The molecule has 1 N–H and O–H groups in total. The molecule has 0 aliphatic heterocycles. The molecule has 0 atom stereocenters. The number of hydrogen-bond acceptors (Lipinski definition) is 2. The highest BCUT2D eigenvalue weighted by molar-refractivity contribution is 9.10. The van der Waals surface area contributed by atoms with Crippen LogP contribution >= 0.6 is 15.9 Å². The van der Waals surface area contributed by atoms with Gasteiger partial charge in [0.25, 0.3) is 5.91 Å². The maximum Gasteiger partial charge on any atom is 0.256 e. The van der Waals surface area contributed by atoms with Crippen molar-refractivity contribution in [1.29, 1.82) is 0 Å². The van der Waals surface area contributed by atoms with Crippen molar-refractivity contribution in [2.75, 3.05) is 5.32 Å². The number of aryl methyl sites for hydroxylation is 2. The average molecular weight is 323 g/mol. The number of amides is 1. The molecule has 0 aliphatic carbocycles. The molecule has 3 nitrogen and oxygen atoms in total. The fraction of sp³-hybridized carbons (Fsp3) is 0.143. The topological polar surface area (TPSA) is 42.0 Å². The van der Waals surface area contributed by atoms with Crippen LogP contribution in [0.1, 0.15) is 21.6 Å². The molecule has 0 radical (unpaired) electrons. The number of anilines is 1. The van der Waals surface area contributed by atoms with Gasteiger partial charge in [-0.2, -0.15) is 0 Å². The predicted molar refractivity (Wildman–Crippen MR) is 75.8 cm³/mol. The van der Waals surface area contributed by atoms with Crippen molar-refractivity contribution in [2.45, 2.75) is 13.8 Å². The lowest BCUT2D eigenvalue weighted by Crippen LogP contribution is -2.13. The Morgan fingerprint density at radius 2 is 2.00 bits per heavy atom. The maximum atomic E-state index is 13.4. The van der Waals surface area contributed by atoms with Crippen LogP contribution in [-0.4, -0.2) is 10.9 Å². The van der Waals surface area contributed by atoms with Crippen molar-refractivity contribution >= 4 is 27.7 Å². The van der Waals surface area contributed by atoms with Gasteiger partial charge in [-0.3, -0.25) is 4.79 Å². The molecular weight excluding hydrogens is 311 g/mol. The molecular formula is C14H12BrFN2O. The lowest BCUT2D eigenvalue weighted by Gasteiger charge is -2.07. The van der Waals surface area contributed by atoms with Crippen molar-refractivity contribution in [3.05, 3.63) is 57.4 Å². The van der Waals surface area contributed by atoms with Gasteiger partial charge in [0.15, 0.2) is 0 Å². The number of halogens is 2. The van der Waals surface area contributed by atoms with E-state index in [2.05, 4.69) is 26.2 Å². The van der Waals surface area contributed by atoms with E-state index in [0.717, 1.165) is 11.3 Å². The lowest BCUT2D eigenvalue weighted by molar-refractivity contribution is 0.102. The van der Waals surface area contributed by atoms with E-state index in [9.17, 15) is 9.18 Å². The smallest absolute Gasteiger partial charge is 0.256 e. The van der Waals surface area contributed by atoms with Gasteiger partial charge in [-0.05, 0) is 65.7 Å². The second-order valence-corrected chi connectivity index (χ2v) is 5.11. The highest BCUT2D eigenvalue weighted by atomic mass is 79.9. The zero-order valence-corrected chi connectivity index (χ0v) is 12.1. The number of carbonyl (C=O) groups is 1. The molecule has 0 unspecified atom stereocenters. The molecule has 1 heterocycles. The first kappa shape index (κ1) is 13.7. The summed E-state index contributed by atoms with van der Waals surface area (Å²) in [5, 5.41) is 2.65. The zero-order valence-electron chi connectivity index (χ0n) is 10.5. The molecule has 1 aromatic carbocycles. The quantitative estimate of drug-likeness (QED) is 0.912. The van der Waals surface area contributed by atoms with Gasteiger partial charge in [0.05, 0.1) is 4.47 Å². The number of rotatable bonds is 2. The largest absolute Gasteiger partial charge is 0.307 e. The molecule has 0 saturated carbocycles. The molecule has 0 spiro atoms. The third-order valence-electron chi connectivity index (χ3n) is 2.52. The second-order valence-electron chi connectivity index (χ2n) is 4.25. The number of hydrogen-bond donors (Lipinski definition) is 1. The molecule has 0 bridgehead atoms. The molecule has 2 rings (SSSR count). The van der Waals surface area contributed by atoms with Crippen LogP contribution in [-0.2, 0) is 0 Å². The standard InChI is InChI=1S/C14H12BrFN2O/c1-8-5-9(2)17-13(6-8)18-14(19)10-3-4-11(15)12(16)7-10/h3-7H,1-2H3,(H,17,18,19). The number of pyridine rings is 1. The Balaban J connectivity index is 2.22. The van der Waals surface area contributed by atoms with E-state index in [-0.39, 0.29) is 11.5 Å². The fourth-order valence-electron chi connectivity index (χ4n) is 1.73. The van der Waals surface area contributed by atoms with E-state index in [4.69, 9.17) is 0 Å². The molecule has 98 valence electrons. The minimum absolute atomic E-state index is 0.252. The van der Waals surface area contributed by atoms with E-state index in [1.165, 1.54) is 12.1 Å². The van der Waals surface area contributed by atoms with Crippen LogP contribution in [0, 0.1) is 19.7 Å². The Hall–Kier alpha value is -1.75. The van der Waals surface area contributed by atoms with E-state index in [1.54, 1.807) is 12.1 Å². The molecule has 0 fully saturated rings. The number of nitrogens with zero attached hydrogens (tertiary/aromatic N) is 1. The summed E-state index contributed by atoms with van der Waals surface area (Å²) in [6, 6.07) is 7.90. The van der Waals surface area contributed by atoms with Crippen molar-refractivity contribution < 1.29 is 9.18 Å². The van der Waals surface area contributed by atoms with Gasteiger partial charge >= 0.3 is 0 Å². The second kappa shape index (κ2) is 5.48. The summed E-state index contributed by atoms with van der Waals surface area (Å²) >= 11 is 3.05. The Kier molecular flexibility index (Phi) is 3.95. The van der Waals surface area contributed by atoms with Crippen LogP contribution in [0.5, 0.6) is 0 Å². The molecule has 1 amide bonds. The van der Waals surface area contributed by atoms with Gasteiger partial charge in [0.1, 0.15) is 11.6 Å². The number of benzene rings is 1. The molecule has 0 aliphatic rings. The summed E-state index contributed by atoms with van der Waals surface area (Å²) < 4.78 is 13.7. The Morgan fingerprint density at radius 3 is 2.63 bits per heavy atom. The molecule has 1 aromatic heterocycles. The third kappa shape index (κ3) is 3.38. The van der Waals surface area contributed by atoms with E-state index in [0.29, 0.717) is 10.3 Å². The lowest BCUT2D eigenvalue weighted by atomic mass is 10.2. The molecule has 0 saturated heterocycles. The first-order valence-electron chi connectivity index (χ1n) is 5.67. The summed E-state index contributed by atoms with van der Waals surface area (Å²) in [4.78, 5) is 16.2. The monoisotopic (exact) mass is 322 g/mol. The maximum absolute atomic E-state index is 13.4.